The summed E-state index contributed by atoms with van der Waals surface area (Å²) >= 11 is 0. The molecule has 34 heavy (non-hydrogen) atoms. The van der Waals surface area contributed by atoms with Crippen LogP contribution in [0.1, 0.15) is 16.7 Å². The zero-order valence-corrected chi connectivity index (χ0v) is 18.9. The summed E-state index contributed by atoms with van der Waals surface area (Å²) in [7, 11) is 2.12. The van der Waals surface area contributed by atoms with Gasteiger partial charge in [0.1, 0.15) is 0 Å². The maximum absolute atomic E-state index is 15.3. The molecule has 170 valence electrons. The molecule has 0 fully saturated rings. The van der Waals surface area contributed by atoms with Crippen LogP contribution < -0.4 is 11.1 Å². The Morgan fingerprint density at radius 3 is 2.85 bits per heavy atom. The number of rotatable bonds is 3. The predicted octanol–water partition coefficient (Wildman–Crippen LogP) is 4.33. The smallest absolute Gasteiger partial charge is 0.227 e. The summed E-state index contributed by atoms with van der Waals surface area (Å²) in [5, 5.41) is 3.75. The van der Waals surface area contributed by atoms with Crippen LogP contribution in [0.4, 0.5) is 21.7 Å². The molecule has 1 aliphatic rings. The number of nitrogen functional groups attached to an aromatic ring is 1. The minimum absolute atomic E-state index is 0.0139. The number of aryl methyl sites for hydroxylation is 1. The molecule has 5 aromatic rings. The topological polar surface area (TPSA) is 109 Å². The van der Waals surface area contributed by atoms with Crippen LogP contribution in [0, 0.1) is 12.7 Å². The highest BCUT2D eigenvalue weighted by molar-refractivity contribution is 5.96. The van der Waals surface area contributed by atoms with Crippen molar-refractivity contribution < 1.29 is 4.39 Å². The lowest BCUT2D eigenvalue weighted by atomic mass is 9.99. The number of H-pyrrole nitrogens is 1. The van der Waals surface area contributed by atoms with Crippen LogP contribution in [0.5, 0.6) is 0 Å². The quantitative estimate of drug-likeness (QED) is 0.348. The fourth-order valence-electron chi connectivity index (χ4n) is 4.63. The molecule has 8 nitrogen and oxygen atoms in total. The fourth-order valence-corrected chi connectivity index (χ4v) is 4.63. The first kappa shape index (κ1) is 20.5. The second-order valence-electron chi connectivity index (χ2n) is 8.77. The number of anilines is 3. The van der Waals surface area contributed by atoms with Gasteiger partial charge in [-0.05, 0) is 55.3 Å². The molecule has 2 aromatic carbocycles. The van der Waals surface area contributed by atoms with Crippen molar-refractivity contribution in [2.24, 2.45) is 0 Å². The first-order valence-electron chi connectivity index (χ1n) is 11.1. The average molecular weight is 455 g/mol. The predicted molar refractivity (Wildman–Crippen MR) is 131 cm³/mol. The molecule has 0 aliphatic carbocycles. The van der Waals surface area contributed by atoms with Crippen molar-refractivity contribution in [3.63, 3.8) is 0 Å². The zero-order valence-electron chi connectivity index (χ0n) is 18.9. The van der Waals surface area contributed by atoms with Crippen molar-refractivity contribution >= 4 is 39.4 Å². The zero-order chi connectivity index (χ0) is 23.4. The van der Waals surface area contributed by atoms with Gasteiger partial charge in [-0.2, -0.15) is 0 Å². The van der Waals surface area contributed by atoms with Crippen LogP contribution in [-0.2, 0) is 13.0 Å². The van der Waals surface area contributed by atoms with Gasteiger partial charge in [0.2, 0.25) is 5.95 Å². The lowest BCUT2D eigenvalue weighted by Gasteiger charge is -2.25. The van der Waals surface area contributed by atoms with E-state index in [1.165, 1.54) is 11.1 Å². The molecule has 0 radical (unpaired) electrons. The van der Waals surface area contributed by atoms with Gasteiger partial charge in [-0.15, -0.1) is 0 Å². The maximum atomic E-state index is 15.3. The van der Waals surface area contributed by atoms with E-state index in [4.69, 9.17) is 5.73 Å². The van der Waals surface area contributed by atoms with E-state index >= 15 is 4.39 Å². The molecule has 0 saturated carbocycles. The Kier molecular flexibility index (Phi) is 4.66. The second-order valence-corrected chi connectivity index (χ2v) is 8.77. The summed E-state index contributed by atoms with van der Waals surface area (Å²) in [6, 6.07) is 8.02. The Morgan fingerprint density at radius 2 is 1.97 bits per heavy atom. The minimum atomic E-state index is -0.514. The molecule has 6 rings (SSSR count). The number of fused-ring (bicyclic) bond motifs is 3. The summed E-state index contributed by atoms with van der Waals surface area (Å²) in [6.07, 6.45) is 5.79. The summed E-state index contributed by atoms with van der Waals surface area (Å²) < 4.78 is 15.3. The third kappa shape index (κ3) is 3.32. The van der Waals surface area contributed by atoms with E-state index in [1.54, 1.807) is 24.8 Å². The third-order valence-electron chi connectivity index (χ3n) is 6.53. The van der Waals surface area contributed by atoms with E-state index in [9.17, 15) is 0 Å². The standard InChI is InChI=1S/C25H23FN8/c1-13-18(9-28-24-23(13)30-12-31-24)17-8-20-19(22(27)21(17)26)10-29-25(33-20)32-16-4-3-14-5-6-34(2)11-15(14)7-16/h3-4,7-10,12H,5-6,11,27H2,1-2H3,(H,28,30,31)(H,29,32,33). The molecule has 0 atom stereocenters. The Hall–Kier alpha value is -4.11. The normalized spacial score (nSPS) is 14.0. The van der Waals surface area contributed by atoms with Gasteiger partial charge >= 0.3 is 0 Å². The number of nitrogens with zero attached hydrogens (tertiary/aromatic N) is 5. The van der Waals surface area contributed by atoms with Crippen molar-refractivity contribution in [2.75, 3.05) is 24.6 Å². The van der Waals surface area contributed by atoms with E-state index < -0.39 is 5.82 Å². The van der Waals surface area contributed by atoms with Gasteiger partial charge < -0.3 is 20.9 Å². The lowest BCUT2D eigenvalue weighted by Crippen LogP contribution is -2.26. The van der Waals surface area contributed by atoms with E-state index in [1.807, 2.05) is 13.0 Å². The van der Waals surface area contributed by atoms with Gasteiger partial charge in [0, 0.05) is 47.7 Å². The van der Waals surface area contributed by atoms with Crippen molar-refractivity contribution in [1.82, 2.24) is 29.8 Å². The first-order valence-corrected chi connectivity index (χ1v) is 11.1. The SMILES string of the molecule is Cc1c(-c2cc3nc(Nc4ccc5c(c4)CN(C)CC5)ncc3c(N)c2F)cnc2nc[nH]c12. The second kappa shape index (κ2) is 7.74. The molecule has 0 bridgehead atoms. The Labute approximate surface area is 195 Å². The minimum Gasteiger partial charge on any atom is -0.396 e. The largest absolute Gasteiger partial charge is 0.396 e. The van der Waals surface area contributed by atoms with Gasteiger partial charge in [-0.3, -0.25) is 0 Å². The summed E-state index contributed by atoms with van der Waals surface area (Å²) in [6.45, 7) is 3.88. The van der Waals surface area contributed by atoms with E-state index in [0.717, 1.165) is 36.3 Å². The van der Waals surface area contributed by atoms with Gasteiger partial charge in [0.05, 0.1) is 23.0 Å². The Balaban J connectivity index is 1.41. The molecular weight excluding hydrogens is 431 g/mol. The molecule has 0 unspecified atom stereocenters. The molecule has 1 aliphatic heterocycles. The number of nitrogens with two attached hydrogens (primary N) is 1. The molecule has 0 saturated heterocycles. The van der Waals surface area contributed by atoms with E-state index in [0.29, 0.717) is 33.6 Å². The van der Waals surface area contributed by atoms with Crippen molar-refractivity contribution in [2.45, 2.75) is 19.9 Å². The number of aromatic amines is 1. The lowest BCUT2D eigenvalue weighted by molar-refractivity contribution is 0.313. The third-order valence-corrected chi connectivity index (χ3v) is 6.53. The van der Waals surface area contributed by atoms with Gasteiger partial charge in [-0.25, -0.2) is 24.3 Å². The molecule has 4 N–H and O–H groups in total. The highest BCUT2D eigenvalue weighted by atomic mass is 19.1. The number of hydrogen-bond acceptors (Lipinski definition) is 7. The van der Waals surface area contributed by atoms with Gasteiger partial charge in [0.15, 0.2) is 11.5 Å². The van der Waals surface area contributed by atoms with Crippen LogP contribution in [0.3, 0.4) is 0 Å². The monoisotopic (exact) mass is 454 g/mol. The molecular formula is C25H23FN8. The molecule has 3 aromatic heterocycles. The number of pyridine rings is 1. The summed E-state index contributed by atoms with van der Waals surface area (Å²) in [5.74, 6) is -0.0909. The first-order chi connectivity index (χ1) is 16.5. The average Bonchev–Trinajstić information content (AvgIpc) is 3.31. The number of halogens is 1. The van der Waals surface area contributed by atoms with Gasteiger partial charge in [-0.1, -0.05) is 6.07 Å². The van der Waals surface area contributed by atoms with E-state index in [2.05, 4.69) is 54.3 Å². The molecule has 4 heterocycles. The van der Waals surface area contributed by atoms with Gasteiger partial charge in [0.25, 0.3) is 0 Å². The number of aromatic nitrogens is 5. The Morgan fingerprint density at radius 1 is 1.09 bits per heavy atom. The van der Waals surface area contributed by atoms with Crippen LogP contribution in [-0.4, -0.2) is 43.4 Å². The van der Waals surface area contributed by atoms with Crippen LogP contribution >= 0.6 is 0 Å². The van der Waals surface area contributed by atoms with Crippen molar-refractivity contribution in [3.8, 4) is 11.1 Å². The highest BCUT2D eigenvalue weighted by Crippen LogP contribution is 2.35. The molecule has 0 spiro atoms. The number of imidazole rings is 1. The maximum Gasteiger partial charge on any atom is 0.227 e. The molecule has 0 amide bonds. The van der Waals surface area contributed by atoms with Crippen LogP contribution in [0.2, 0.25) is 0 Å². The number of hydrogen-bond donors (Lipinski definition) is 3. The van der Waals surface area contributed by atoms with E-state index in [-0.39, 0.29) is 5.69 Å². The number of nitrogens with one attached hydrogen (secondary N) is 2. The highest BCUT2D eigenvalue weighted by Gasteiger charge is 2.18. The summed E-state index contributed by atoms with van der Waals surface area (Å²) in [5.41, 5.74) is 13.5. The van der Waals surface area contributed by atoms with Crippen LogP contribution in [0.15, 0.2) is 43.0 Å². The number of likely N-dealkylation sites (N-methyl/N-ethyl adjacent to an activating group) is 1. The fraction of sp³-hybridized carbons (Fsp3) is 0.200. The molecule has 9 heteroatoms. The van der Waals surface area contributed by atoms with Crippen LogP contribution in [0.25, 0.3) is 33.2 Å². The summed E-state index contributed by atoms with van der Waals surface area (Å²) in [4.78, 5) is 22.9. The Bertz CT molecular complexity index is 1580. The number of benzene rings is 2. The van der Waals surface area contributed by atoms with Crippen molar-refractivity contribution in [1.29, 1.82) is 0 Å². The van der Waals surface area contributed by atoms with Crippen molar-refractivity contribution in [3.05, 3.63) is 65.5 Å².